The maximum atomic E-state index is 12.5. The lowest BCUT2D eigenvalue weighted by Gasteiger charge is -2.32. The number of amides is 2. The van der Waals surface area contributed by atoms with Gasteiger partial charge in [0.2, 0.25) is 5.91 Å². The monoisotopic (exact) mass is 489 g/mol. The van der Waals surface area contributed by atoms with Crippen LogP contribution in [0.1, 0.15) is 81.5 Å². The minimum Gasteiger partial charge on any atom is -0.349 e. The van der Waals surface area contributed by atoms with Gasteiger partial charge in [0.1, 0.15) is 0 Å². The van der Waals surface area contributed by atoms with Gasteiger partial charge in [-0.2, -0.15) is 0 Å². The van der Waals surface area contributed by atoms with Gasteiger partial charge in [0.15, 0.2) is 0 Å². The Morgan fingerprint density at radius 2 is 1.50 bits per heavy atom. The standard InChI is InChI=1S/C31H43N3O2/c1-2-3-4-5-6-7-8-9-10-11-12-13-14-15-16-17-18-21-30(35)34-25-22-29(23-26-34)33-31(36)28-20-19-24-32-27-28/h3-4,6-7,9-10,12-13,15-16,19-20,24,27,29H,2,5,8,11,14,17-18,21-23,25-26H2,1H3,(H,33,36). The molecule has 0 saturated carbocycles. The van der Waals surface area contributed by atoms with Gasteiger partial charge in [0, 0.05) is 37.9 Å². The molecule has 0 spiro atoms. The summed E-state index contributed by atoms with van der Waals surface area (Å²) in [6, 6.07) is 3.64. The van der Waals surface area contributed by atoms with Crippen LogP contribution in [0.4, 0.5) is 0 Å². The van der Waals surface area contributed by atoms with Gasteiger partial charge >= 0.3 is 0 Å². The summed E-state index contributed by atoms with van der Waals surface area (Å²) in [5, 5.41) is 3.06. The molecule has 5 heteroatoms. The van der Waals surface area contributed by atoms with Crippen molar-refractivity contribution < 1.29 is 9.59 Å². The number of unbranched alkanes of at least 4 members (excludes halogenated alkanes) is 1. The van der Waals surface area contributed by atoms with Crippen molar-refractivity contribution in [2.24, 2.45) is 0 Å². The average Bonchev–Trinajstić information content (AvgIpc) is 2.91. The van der Waals surface area contributed by atoms with Crippen LogP contribution in [-0.2, 0) is 4.79 Å². The topological polar surface area (TPSA) is 62.3 Å². The van der Waals surface area contributed by atoms with E-state index in [4.69, 9.17) is 0 Å². The van der Waals surface area contributed by atoms with E-state index in [9.17, 15) is 9.59 Å². The van der Waals surface area contributed by atoms with E-state index in [-0.39, 0.29) is 17.9 Å². The van der Waals surface area contributed by atoms with Gasteiger partial charge in [-0.25, -0.2) is 0 Å². The Morgan fingerprint density at radius 3 is 2.06 bits per heavy atom. The zero-order valence-corrected chi connectivity index (χ0v) is 21.9. The number of rotatable bonds is 15. The normalized spacial score (nSPS) is 15.3. The Hall–Kier alpha value is -3.21. The molecule has 0 aromatic carbocycles. The number of hydrogen-bond acceptors (Lipinski definition) is 3. The zero-order valence-electron chi connectivity index (χ0n) is 21.9. The largest absolute Gasteiger partial charge is 0.349 e. The molecule has 36 heavy (non-hydrogen) atoms. The second kappa shape index (κ2) is 19.0. The highest BCUT2D eigenvalue weighted by Gasteiger charge is 2.23. The molecule has 0 aliphatic carbocycles. The van der Waals surface area contributed by atoms with Crippen molar-refractivity contribution >= 4 is 11.8 Å². The fourth-order valence-electron chi connectivity index (χ4n) is 3.94. The Bertz CT molecular complexity index is 892. The van der Waals surface area contributed by atoms with Gasteiger partial charge in [-0.05, 0) is 69.9 Å². The summed E-state index contributed by atoms with van der Waals surface area (Å²) >= 11 is 0. The number of nitrogens with one attached hydrogen (secondary N) is 1. The van der Waals surface area contributed by atoms with E-state index in [1.165, 1.54) is 0 Å². The first-order valence-electron chi connectivity index (χ1n) is 13.4. The molecule has 0 unspecified atom stereocenters. The van der Waals surface area contributed by atoms with Crippen LogP contribution in [0, 0.1) is 0 Å². The summed E-state index contributed by atoms with van der Waals surface area (Å²) in [7, 11) is 0. The maximum absolute atomic E-state index is 12.5. The first-order valence-corrected chi connectivity index (χ1v) is 13.4. The number of carbonyl (C=O) groups excluding carboxylic acids is 2. The summed E-state index contributed by atoms with van der Waals surface area (Å²) < 4.78 is 0. The molecule has 1 fully saturated rings. The molecule has 1 N–H and O–H groups in total. The molecule has 0 radical (unpaired) electrons. The number of hydrogen-bond donors (Lipinski definition) is 1. The Morgan fingerprint density at radius 1 is 0.917 bits per heavy atom. The van der Waals surface area contributed by atoms with Gasteiger partial charge in [-0.3, -0.25) is 14.6 Å². The third-order valence-corrected chi connectivity index (χ3v) is 6.03. The Balaban J connectivity index is 1.47. The fourth-order valence-corrected chi connectivity index (χ4v) is 3.94. The maximum Gasteiger partial charge on any atom is 0.253 e. The fraction of sp³-hybridized carbons (Fsp3) is 0.452. The number of carbonyl (C=O) groups is 2. The minimum absolute atomic E-state index is 0.0926. The van der Waals surface area contributed by atoms with Gasteiger partial charge < -0.3 is 10.2 Å². The van der Waals surface area contributed by atoms with Gasteiger partial charge in [-0.1, -0.05) is 67.7 Å². The number of aromatic nitrogens is 1. The van der Waals surface area contributed by atoms with Crippen LogP contribution in [0.15, 0.2) is 85.3 Å². The van der Waals surface area contributed by atoms with E-state index in [1.807, 2.05) is 4.90 Å². The minimum atomic E-state index is -0.0926. The van der Waals surface area contributed by atoms with Gasteiger partial charge in [0.25, 0.3) is 5.91 Å². The number of pyridine rings is 1. The van der Waals surface area contributed by atoms with Crippen LogP contribution in [0.25, 0.3) is 0 Å². The van der Waals surface area contributed by atoms with Crippen molar-refractivity contribution in [1.29, 1.82) is 0 Å². The molecule has 0 bridgehead atoms. The molecule has 1 aliphatic heterocycles. The van der Waals surface area contributed by atoms with Crippen LogP contribution in [0.2, 0.25) is 0 Å². The SMILES string of the molecule is CCC=CCC=CCC=CCC=CCC=CCCCC(=O)N1CCC(NC(=O)c2cccnc2)CC1. The second-order valence-corrected chi connectivity index (χ2v) is 8.97. The van der Waals surface area contributed by atoms with Crippen molar-refractivity contribution in [3.8, 4) is 0 Å². The van der Waals surface area contributed by atoms with Crippen molar-refractivity contribution in [3.63, 3.8) is 0 Å². The average molecular weight is 490 g/mol. The second-order valence-electron chi connectivity index (χ2n) is 8.97. The molecule has 1 saturated heterocycles. The summed E-state index contributed by atoms with van der Waals surface area (Å²) in [5.41, 5.74) is 0.575. The molecule has 1 aliphatic rings. The molecule has 5 nitrogen and oxygen atoms in total. The number of allylic oxidation sites excluding steroid dienone is 10. The molecule has 1 aromatic heterocycles. The Labute approximate surface area is 217 Å². The van der Waals surface area contributed by atoms with Crippen LogP contribution in [-0.4, -0.2) is 40.8 Å². The van der Waals surface area contributed by atoms with Crippen molar-refractivity contribution in [3.05, 3.63) is 90.9 Å². The Kier molecular flexibility index (Phi) is 15.3. The smallest absolute Gasteiger partial charge is 0.253 e. The molecule has 194 valence electrons. The lowest BCUT2D eigenvalue weighted by atomic mass is 10.0. The summed E-state index contributed by atoms with van der Waals surface area (Å²) in [6.45, 7) is 3.56. The van der Waals surface area contributed by atoms with Crippen molar-refractivity contribution in [1.82, 2.24) is 15.2 Å². The predicted octanol–water partition coefficient (Wildman–Crippen LogP) is 6.72. The van der Waals surface area contributed by atoms with Crippen molar-refractivity contribution in [2.45, 2.75) is 77.2 Å². The highest BCUT2D eigenvalue weighted by atomic mass is 16.2. The number of nitrogens with zero attached hydrogens (tertiary/aromatic N) is 2. The summed E-state index contributed by atoms with van der Waals surface area (Å²) in [6.07, 6.45) is 34.2. The van der Waals surface area contributed by atoms with E-state index < -0.39 is 0 Å². The van der Waals surface area contributed by atoms with Gasteiger partial charge in [0.05, 0.1) is 5.56 Å². The molecular weight excluding hydrogens is 446 g/mol. The first kappa shape index (κ1) is 29.0. The molecule has 2 heterocycles. The number of piperidine rings is 1. The first-order chi connectivity index (χ1) is 17.7. The van der Waals surface area contributed by atoms with Crippen LogP contribution in [0.5, 0.6) is 0 Å². The molecule has 0 atom stereocenters. The van der Waals surface area contributed by atoms with E-state index in [0.717, 1.165) is 57.8 Å². The zero-order chi connectivity index (χ0) is 25.7. The highest BCUT2D eigenvalue weighted by Crippen LogP contribution is 2.13. The third-order valence-electron chi connectivity index (χ3n) is 6.03. The van der Waals surface area contributed by atoms with E-state index in [1.54, 1.807) is 24.5 Å². The third kappa shape index (κ3) is 13.0. The molecular formula is C31H43N3O2. The number of likely N-dealkylation sites (tertiary alicyclic amines) is 1. The highest BCUT2D eigenvalue weighted by molar-refractivity contribution is 5.94. The van der Waals surface area contributed by atoms with Crippen molar-refractivity contribution in [2.75, 3.05) is 13.1 Å². The molecule has 1 aromatic rings. The lowest BCUT2D eigenvalue weighted by Crippen LogP contribution is -2.46. The molecule has 2 rings (SSSR count). The van der Waals surface area contributed by atoms with E-state index in [0.29, 0.717) is 25.1 Å². The lowest BCUT2D eigenvalue weighted by molar-refractivity contribution is -0.132. The molecule has 2 amide bonds. The summed E-state index contributed by atoms with van der Waals surface area (Å²) in [5.74, 6) is 0.129. The van der Waals surface area contributed by atoms with Crippen LogP contribution in [0.3, 0.4) is 0 Å². The van der Waals surface area contributed by atoms with Crippen LogP contribution < -0.4 is 5.32 Å². The summed E-state index contributed by atoms with van der Waals surface area (Å²) in [4.78, 5) is 30.7. The van der Waals surface area contributed by atoms with E-state index >= 15 is 0 Å². The van der Waals surface area contributed by atoms with Crippen LogP contribution >= 0.6 is 0 Å². The van der Waals surface area contributed by atoms with E-state index in [2.05, 4.69) is 78.0 Å². The quantitative estimate of drug-likeness (QED) is 0.220. The predicted molar refractivity (Wildman–Crippen MR) is 150 cm³/mol. The van der Waals surface area contributed by atoms with Gasteiger partial charge in [-0.15, -0.1) is 0 Å².